The highest BCUT2D eigenvalue weighted by Gasteiger charge is 2.00. The highest BCUT2D eigenvalue weighted by atomic mass is 35.5. The summed E-state index contributed by atoms with van der Waals surface area (Å²) >= 11 is 5.95. The summed E-state index contributed by atoms with van der Waals surface area (Å²) in [4.78, 5) is 0. The summed E-state index contributed by atoms with van der Waals surface area (Å²) in [5.41, 5.74) is 5.94. The molecule has 19 heavy (non-hydrogen) atoms. The van der Waals surface area contributed by atoms with Crippen molar-refractivity contribution in [2.24, 2.45) is 5.10 Å². The Bertz CT molecular complexity index is 579. The van der Waals surface area contributed by atoms with Gasteiger partial charge in [0.1, 0.15) is 5.75 Å². The first kappa shape index (κ1) is 13.4. The van der Waals surface area contributed by atoms with Gasteiger partial charge in [-0.15, -0.1) is 0 Å². The van der Waals surface area contributed by atoms with Crippen LogP contribution in [0.25, 0.3) is 0 Å². The maximum Gasteiger partial charge on any atom is 0.127 e. The predicted octanol–water partition coefficient (Wildman–Crippen LogP) is 4.10. The van der Waals surface area contributed by atoms with Crippen LogP contribution < -0.4 is 10.2 Å². The fourth-order valence-corrected chi connectivity index (χ4v) is 1.79. The monoisotopic (exact) mass is 274 g/mol. The van der Waals surface area contributed by atoms with Gasteiger partial charge in [0.2, 0.25) is 0 Å². The lowest BCUT2D eigenvalue weighted by atomic mass is 10.2. The van der Waals surface area contributed by atoms with Crippen LogP contribution in [0.4, 0.5) is 5.69 Å². The van der Waals surface area contributed by atoms with Crippen molar-refractivity contribution in [3.63, 3.8) is 0 Å². The molecule has 2 aromatic rings. The van der Waals surface area contributed by atoms with E-state index in [1.807, 2.05) is 37.3 Å². The number of anilines is 1. The van der Waals surface area contributed by atoms with E-state index in [-0.39, 0.29) is 0 Å². The first-order chi connectivity index (χ1) is 9.19. The molecule has 0 spiro atoms. The van der Waals surface area contributed by atoms with E-state index in [9.17, 15) is 0 Å². The Kier molecular flexibility index (Phi) is 4.42. The lowest BCUT2D eigenvalue weighted by molar-refractivity contribution is 0.414. The molecule has 0 saturated heterocycles. The molecule has 4 heteroatoms. The number of aryl methyl sites for hydroxylation is 1. The molecule has 0 aromatic heterocycles. The number of benzene rings is 2. The van der Waals surface area contributed by atoms with Crippen LogP contribution in [0.2, 0.25) is 5.02 Å². The second kappa shape index (κ2) is 6.25. The molecule has 0 bridgehead atoms. The van der Waals surface area contributed by atoms with Crippen LogP contribution in [0.5, 0.6) is 5.75 Å². The smallest absolute Gasteiger partial charge is 0.127 e. The minimum Gasteiger partial charge on any atom is -0.496 e. The van der Waals surface area contributed by atoms with Crippen LogP contribution in [0, 0.1) is 6.92 Å². The number of hydrogen-bond donors (Lipinski definition) is 1. The number of rotatable bonds is 4. The minimum atomic E-state index is 0.651. The Labute approximate surface area is 117 Å². The third-order valence-corrected chi connectivity index (χ3v) is 2.88. The van der Waals surface area contributed by atoms with Crippen LogP contribution in [-0.2, 0) is 0 Å². The van der Waals surface area contributed by atoms with Crippen molar-refractivity contribution in [3.05, 3.63) is 58.6 Å². The van der Waals surface area contributed by atoms with Gasteiger partial charge in [-0.3, -0.25) is 5.43 Å². The fraction of sp³-hybridized carbons (Fsp3) is 0.133. The Morgan fingerprint density at radius 3 is 2.58 bits per heavy atom. The Morgan fingerprint density at radius 1 is 1.16 bits per heavy atom. The number of nitrogens with one attached hydrogen (secondary N) is 1. The van der Waals surface area contributed by atoms with Gasteiger partial charge in [0.05, 0.1) is 19.0 Å². The van der Waals surface area contributed by atoms with Gasteiger partial charge in [-0.2, -0.15) is 5.10 Å². The van der Waals surface area contributed by atoms with E-state index in [2.05, 4.69) is 10.5 Å². The maximum absolute atomic E-state index is 5.95. The number of nitrogens with zero attached hydrogens (tertiary/aromatic N) is 1. The number of methoxy groups -OCH3 is 1. The molecule has 0 fully saturated rings. The fourth-order valence-electron chi connectivity index (χ4n) is 1.61. The molecule has 0 saturated carbocycles. The highest BCUT2D eigenvalue weighted by molar-refractivity contribution is 6.30. The molecule has 0 unspecified atom stereocenters. The standard InChI is InChI=1S/C15H15ClN2O/c1-11-3-6-14(7-4-11)18-17-10-12-9-13(16)5-8-15(12)19-2/h3-10,18H,1-2H3. The number of halogens is 1. The van der Waals surface area contributed by atoms with E-state index >= 15 is 0 Å². The zero-order valence-electron chi connectivity index (χ0n) is 10.9. The van der Waals surface area contributed by atoms with Crippen LogP contribution in [0.1, 0.15) is 11.1 Å². The molecular formula is C15H15ClN2O. The quantitative estimate of drug-likeness (QED) is 0.673. The van der Waals surface area contributed by atoms with Gasteiger partial charge >= 0.3 is 0 Å². The Hall–Kier alpha value is -2.00. The molecule has 1 N–H and O–H groups in total. The van der Waals surface area contributed by atoms with Crippen LogP contribution in [-0.4, -0.2) is 13.3 Å². The largest absolute Gasteiger partial charge is 0.496 e. The van der Waals surface area contributed by atoms with Crippen molar-refractivity contribution >= 4 is 23.5 Å². The third-order valence-electron chi connectivity index (χ3n) is 2.64. The summed E-state index contributed by atoms with van der Waals surface area (Å²) in [6.07, 6.45) is 1.69. The molecule has 0 aliphatic heterocycles. The van der Waals surface area contributed by atoms with E-state index in [0.29, 0.717) is 5.02 Å². The van der Waals surface area contributed by atoms with E-state index in [1.54, 1.807) is 25.5 Å². The van der Waals surface area contributed by atoms with Crippen molar-refractivity contribution < 1.29 is 4.74 Å². The summed E-state index contributed by atoms with van der Waals surface area (Å²) in [5, 5.41) is 4.83. The molecule has 2 rings (SSSR count). The summed E-state index contributed by atoms with van der Waals surface area (Å²) in [6.45, 7) is 2.05. The first-order valence-electron chi connectivity index (χ1n) is 5.88. The minimum absolute atomic E-state index is 0.651. The molecule has 0 aliphatic carbocycles. The second-order valence-electron chi connectivity index (χ2n) is 4.12. The Morgan fingerprint density at radius 2 is 1.89 bits per heavy atom. The molecule has 2 aromatic carbocycles. The van der Waals surface area contributed by atoms with E-state index in [4.69, 9.17) is 16.3 Å². The van der Waals surface area contributed by atoms with Gasteiger partial charge in [-0.05, 0) is 37.3 Å². The molecule has 0 amide bonds. The molecule has 0 atom stereocenters. The maximum atomic E-state index is 5.95. The van der Waals surface area contributed by atoms with Crippen LogP contribution >= 0.6 is 11.6 Å². The van der Waals surface area contributed by atoms with Crippen molar-refractivity contribution in [2.75, 3.05) is 12.5 Å². The second-order valence-corrected chi connectivity index (χ2v) is 4.56. The average molecular weight is 275 g/mol. The topological polar surface area (TPSA) is 33.6 Å². The summed E-state index contributed by atoms with van der Waals surface area (Å²) < 4.78 is 5.24. The zero-order chi connectivity index (χ0) is 13.7. The molecule has 0 aliphatic rings. The molecule has 3 nitrogen and oxygen atoms in total. The summed E-state index contributed by atoms with van der Waals surface area (Å²) in [7, 11) is 1.62. The van der Waals surface area contributed by atoms with Gasteiger partial charge in [0, 0.05) is 10.6 Å². The van der Waals surface area contributed by atoms with Crippen molar-refractivity contribution in [1.29, 1.82) is 0 Å². The number of hydrogen-bond acceptors (Lipinski definition) is 3. The van der Waals surface area contributed by atoms with E-state index in [0.717, 1.165) is 17.0 Å². The van der Waals surface area contributed by atoms with Gasteiger partial charge < -0.3 is 4.74 Å². The average Bonchev–Trinajstić information content (AvgIpc) is 2.41. The number of ether oxygens (including phenoxy) is 1. The van der Waals surface area contributed by atoms with Crippen molar-refractivity contribution in [1.82, 2.24) is 0 Å². The Balaban J connectivity index is 2.10. The van der Waals surface area contributed by atoms with Gasteiger partial charge in [0.15, 0.2) is 0 Å². The third kappa shape index (κ3) is 3.73. The van der Waals surface area contributed by atoms with Crippen molar-refractivity contribution in [3.8, 4) is 5.75 Å². The van der Waals surface area contributed by atoms with E-state index < -0.39 is 0 Å². The predicted molar refractivity (Wildman–Crippen MR) is 80.4 cm³/mol. The molecular weight excluding hydrogens is 260 g/mol. The van der Waals surface area contributed by atoms with Gasteiger partial charge in [0.25, 0.3) is 0 Å². The lowest BCUT2D eigenvalue weighted by Crippen LogP contribution is -1.94. The SMILES string of the molecule is COc1ccc(Cl)cc1C=NNc1ccc(C)cc1. The highest BCUT2D eigenvalue weighted by Crippen LogP contribution is 2.21. The summed E-state index contributed by atoms with van der Waals surface area (Å²) in [6, 6.07) is 13.4. The van der Waals surface area contributed by atoms with Crippen molar-refractivity contribution in [2.45, 2.75) is 6.92 Å². The normalized spacial score (nSPS) is 10.7. The molecule has 98 valence electrons. The molecule has 0 heterocycles. The lowest BCUT2D eigenvalue weighted by Gasteiger charge is -2.05. The van der Waals surface area contributed by atoms with Gasteiger partial charge in [-0.1, -0.05) is 29.3 Å². The first-order valence-corrected chi connectivity index (χ1v) is 6.26. The number of hydrazone groups is 1. The summed E-state index contributed by atoms with van der Waals surface area (Å²) in [5.74, 6) is 0.735. The zero-order valence-corrected chi connectivity index (χ0v) is 11.6. The van der Waals surface area contributed by atoms with Crippen LogP contribution in [0.3, 0.4) is 0 Å². The molecule has 0 radical (unpaired) electrons. The van der Waals surface area contributed by atoms with E-state index in [1.165, 1.54) is 5.56 Å². The van der Waals surface area contributed by atoms with Crippen LogP contribution in [0.15, 0.2) is 47.6 Å². The van der Waals surface area contributed by atoms with Gasteiger partial charge in [-0.25, -0.2) is 0 Å².